The van der Waals surface area contributed by atoms with E-state index in [1.807, 2.05) is 147 Å². The van der Waals surface area contributed by atoms with Gasteiger partial charge in [0.15, 0.2) is 28.8 Å². The van der Waals surface area contributed by atoms with Gasteiger partial charge in [-0.3, -0.25) is 4.85 Å². The molecule has 6 rings (SSSR count). The molecule has 4 aromatic rings. The van der Waals surface area contributed by atoms with Crippen molar-refractivity contribution in [2.45, 2.75) is 86.9 Å². The van der Waals surface area contributed by atoms with E-state index in [2.05, 4.69) is 61.6 Å². The normalized spacial score (nSPS) is 12.0. The van der Waals surface area contributed by atoms with Gasteiger partial charge in [0.25, 0.3) is 6.54 Å². The van der Waals surface area contributed by atoms with Crippen LogP contribution in [0.25, 0.3) is 9.69 Å². The molecule has 1 fully saturated rings. The van der Waals surface area contributed by atoms with Gasteiger partial charge in [0.1, 0.15) is 12.1 Å². The maximum atomic E-state index is 8.73. The molecule has 432 valence electrons. The number of hydrogen-bond acceptors (Lipinski definition) is 14. The van der Waals surface area contributed by atoms with Crippen molar-refractivity contribution in [1.82, 2.24) is 0 Å². The molecule has 2 aliphatic rings. The Balaban J connectivity index is -0.000000204. The maximum absolute atomic E-state index is 8.73. The summed E-state index contributed by atoms with van der Waals surface area (Å²) in [7, 11) is 0. The molecule has 80 heavy (non-hydrogen) atoms. The Labute approximate surface area is 523 Å². The van der Waals surface area contributed by atoms with Crippen molar-refractivity contribution < 1.29 is 48.7 Å². The predicted octanol–water partition coefficient (Wildman–Crippen LogP) is 8.53. The summed E-state index contributed by atoms with van der Waals surface area (Å²) < 4.78 is 31.4. The fraction of sp³-hybridized carbons (Fsp3) is 0.500. The molecule has 0 saturated carbocycles. The molecule has 0 radical (unpaired) electrons. The second-order valence-electron chi connectivity index (χ2n) is 17.6. The molecule has 0 spiro atoms. The Hall–Kier alpha value is -4.75. The third-order valence-corrected chi connectivity index (χ3v) is 10.2. The average molecular weight is 1240 g/mol. The van der Waals surface area contributed by atoms with Crippen LogP contribution in [0.4, 0.5) is 0 Å². The first-order chi connectivity index (χ1) is 37.8. The third kappa shape index (κ3) is 51.4. The summed E-state index contributed by atoms with van der Waals surface area (Å²) in [6, 6.07) is 47.0. The van der Waals surface area contributed by atoms with E-state index in [1.165, 1.54) is 24.0 Å². The topological polar surface area (TPSA) is 236 Å². The van der Waals surface area contributed by atoms with E-state index in [0.717, 1.165) is 57.3 Å². The summed E-state index contributed by atoms with van der Waals surface area (Å²) in [4.78, 5) is 7.61. The first-order valence-corrected chi connectivity index (χ1v) is 28.0. The zero-order valence-corrected chi connectivity index (χ0v) is 50.9. The van der Waals surface area contributed by atoms with E-state index in [9.17, 15) is 0 Å². The second-order valence-corrected chi connectivity index (χ2v) is 17.8. The number of nitriles is 4. The zero-order chi connectivity index (χ0) is 58.9. The minimum atomic E-state index is -1.05. The molecule has 20 heteroatoms. The van der Waals surface area contributed by atoms with Gasteiger partial charge in [0.05, 0.1) is 71.5 Å². The third-order valence-electron chi connectivity index (χ3n) is 10.1. The molecule has 2 aliphatic heterocycles. The number of rotatable bonds is 19. The van der Waals surface area contributed by atoms with Crippen molar-refractivity contribution in [2.24, 2.45) is 37.9 Å². The van der Waals surface area contributed by atoms with Crippen LogP contribution in [0.5, 0.6) is 0 Å². The van der Waals surface area contributed by atoms with Crippen molar-refractivity contribution in [3.05, 3.63) is 166 Å². The van der Waals surface area contributed by atoms with Crippen molar-refractivity contribution >= 4 is 51.6 Å². The van der Waals surface area contributed by atoms with Crippen LogP contribution in [0.3, 0.4) is 0 Å². The van der Waals surface area contributed by atoms with E-state index >= 15 is 0 Å². The van der Waals surface area contributed by atoms with Crippen LogP contribution in [-0.4, -0.2) is 113 Å². The minimum absolute atomic E-state index is 0. The van der Waals surface area contributed by atoms with Crippen molar-refractivity contribution in [2.75, 3.05) is 90.0 Å². The molecule has 4 aromatic carbocycles. The number of benzene rings is 4. The summed E-state index contributed by atoms with van der Waals surface area (Å²) in [6.45, 7) is 33.7. The fourth-order valence-electron chi connectivity index (χ4n) is 5.31. The summed E-state index contributed by atoms with van der Waals surface area (Å²) in [5.74, 6) is 0. The first-order valence-electron chi connectivity index (χ1n) is 25.3. The monoisotopic (exact) mass is 1240 g/mol. The minimum Gasteiger partial charge on any atom is -1.00 e. The number of ether oxygens (including phenoxy) is 6. The molecule has 4 N–H and O–H groups in total. The average Bonchev–Trinajstić information content (AvgIpc) is 4.24. The Bertz CT molecular complexity index is 2200. The van der Waals surface area contributed by atoms with Crippen LogP contribution in [0.2, 0.25) is 0 Å². The van der Waals surface area contributed by atoms with Gasteiger partial charge in [-0.1, -0.05) is 169 Å². The maximum Gasteiger partial charge on any atom is 1.00 e. The summed E-state index contributed by atoms with van der Waals surface area (Å²) >= 11 is 7.48. The van der Waals surface area contributed by atoms with Crippen molar-refractivity contribution in [1.29, 1.82) is 21.0 Å². The largest absolute Gasteiger partial charge is 1.00 e. The molecule has 1 saturated heterocycles. The Morgan fingerprint density at radius 2 is 1.06 bits per heavy atom. The van der Waals surface area contributed by atoms with Crippen molar-refractivity contribution in [3.63, 3.8) is 0 Å². The van der Waals surface area contributed by atoms with E-state index in [1.54, 1.807) is 26.0 Å². The number of azo groups is 1. The zero-order valence-electron chi connectivity index (χ0n) is 49.0. The second kappa shape index (κ2) is 60.3. The van der Waals surface area contributed by atoms with E-state index < -0.39 is 11.5 Å². The van der Waals surface area contributed by atoms with Gasteiger partial charge in [-0.05, 0) is 60.8 Å². The first kappa shape index (κ1) is 84.1. The Morgan fingerprint density at radius 1 is 0.688 bits per heavy atom. The van der Waals surface area contributed by atoms with Crippen molar-refractivity contribution in [3.8, 4) is 24.3 Å². The molecule has 0 bridgehead atoms. The van der Waals surface area contributed by atoms with E-state index in [0.29, 0.717) is 46.1 Å². The van der Waals surface area contributed by atoms with Gasteiger partial charge < -0.3 is 46.2 Å². The Kier molecular flexibility index (Phi) is 63.4. The predicted molar refractivity (Wildman–Crippen MR) is 330 cm³/mol. The van der Waals surface area contributed by atoms with Gasteiger partial charge in [-0.25, -0.2) is 13.1 Å². The molecular formula is C60H88AlClILiN10O6. The number of nitrogens with two attached hydrogens (primary N) is 2. The summed E-state index contributed by atoms with van der Waals surface area (Å²) in [5, 5.41) is 40.9. The molecular weight excluding hydrogens is 1150 g/mol. The van der Waals surface area contributed by atoms with Gasteiger partial charge in [-0.2, -0.15) is 31.3 Å². The molecule has 1 unspecified atom stereocenters. The van der Waals surface area contributed by atoms with E-state index in [-0.39, 0.29) is 67.7 Å². The SMILES string of the molecule is C1CCOC1.CC(C#N)(C#N)COCc1ccccc1.CC(CN)(CN)COCc1ccccc1.CC1(COCc2ccccc2)CN=NC1.CCOCC.CI.ClCOCc1ccccc1.[AlH3].[C-]#[N+]C(C)C#N.[C-]#[N+]CC#N.[H-].[Li+]. The molecule has 0 aromatic heterocycles. The van der Waals surface area contributed by atoms with Gasteiger partial charge >= 0.3 is 24.9 Å². The molecule has 0 amide bonds. The van der Waals surface area contributed by atoms with Crippen LogP contribution >= 0.6 is 34.2 Å². The van der Waals surface area contributed by atoms with E-state index in [4.69, 9.17) is 85.7 Å². The number of alkyl halides is 2. The summed E-state index contributed by atoms with van der Waals surface area (Å²) in [5.41, 5.74) is 14.8. The fourth-order valence-corrected chi connectivity index (χ4v) is 5.39. The molecule has 2 heterocycles. The quantitative estimate of drug-likeness (QED) is 0.0296. The molecule has 16 nitrogen and oxygen atoms in total. The van der Waals surface area contributed by atoms with Gasteiger partial charge in [0, 0.05) is 57.3 Å². The van der Waals surface area contributed by atoms with Gasteiger partial charge in [-0.15, -0.1) is 0 Å². The van der Waals surface area contributed by atoms with Crippen LogP contribution in [0.15, 0.2) is 132 Å². The van der Waals surface area contributed by atoms with Gasteiger partial charge in [0.2, 0.25) is 0 Å². The summed E-state index contributed by atoms with van der Waals surface area (Å²) in [6.07, 6.45) is 2.56. The van der Waals surface area contributed by atoms with Crippen LogP contribution < -0.4 is 30.3 Å². The smallest absolute Gasteiger partial charge is 1.00 e. The number of hydrogen-bond donors (Lipinski definition) is 2. The molecule has 1 atom stereocenters. The standard InChI is InChI=1S/C12H16N2O.C12H20N2O.C12H12N2O.C8H9ClO.C4H4N2.C4H8O.C4H10O.C3H2N2.CH3I.Al.Li.4H/c1-12(8-13-14-9-12)10-15-7-11-5-3-2-4-6-11;2*1-12(8-13,9-14)10-15-7-11-5-3-2-4-6-11;9-7-10-6-8-4-2-1-3-5-8;1-4(3-5)6-2;1-2-4-5-3-1;1-3-5-4-2;1-5-3-2-4;1-2;;;;;;/h2-6H,7-10H2,1H3;2-6H,7-10,13-14H2,1H3;2-6H,7,10H2,1H3;1-5H,6-7H2;4H,1H3;1-4H2;3-4H2,1-2H3;3H2;1H3;;;;;;/q;;;;;;;;;;+1;;;;-1. The van der Waals surface area contributed by atoms with Crippen LogP contribution in [0.1, 0.15) is 78.1 Å². The Morgan fingerprint density at radius 3 is 1.31 bits per heavy atom. The molecule has 0 aliphatic carbocycles. The number of halogens is 2. The number of nitrogens with zero attached hydrogens (tertiary/aromatic N) is 8. The van der Waals surface area contributed by atoms with Crippen LogP contribution in [0, 0.1) is 74.7 Å². The van der Waals surface area contributed by atoms with Crippen LogP contribution in [-0.2, 0) is 54.8 Å².